The summed E-state index contributed by atoms with van der Waals surface area (Å²) in [5, 5.41) is 10.1. The van der Waals surface area contributed by atoms with Crippen molar-refractivity contribution >= 4 is 11.8 Å². The predicted octanol–water partition coefficient (Wildman–Crippen LogP) is 2.00. The minimum atomic E-state index is 0.0251. The fourth-order valence-corrected chi connectivity index (χ4v) is 3.41. The van der Waals surface area contributed by atoms with E-state index in [1.54, 1.807) is 0 Å². The molecular weight excluding hydrogens is 476 g/mol. The van der Waals surface area contributed by atoms with Crippen molar-refractivity contribution in [1.29, 1.82) is 0 Å². The quantitative estimate of drug-likeness (QED) is 0.118. The topological polar surface area (TPSA) is 102 Å². The minimum absolute atomic E-state index is 0.0251. The summed E-state index contributed by atoms with van der Waals surface area (Å²) < 4.78 is 21.9. The Kier molecular flexibility index (Phi) is 19.3. The highest BCUT2D eigenvalue weighted by molar-refractivity contribution is 5.76. The molecule has 216 valence electrons. The summed E-state index contributed by atoms with van der Waals surface area (Å²) in [7, 11) is 3.97. The number of nitrogens with one attached hydrogen (secondary N) is 2. The van der Waals surface area contributed by atoms with Crippen LogP contribution in [0.25, 0.3) is 0 Å². The molecule has 0 radical (unpaired) electrons. The molecule has 0 aromatic carbocycles. The standard InChI is InChI=1S/C27H52N4O6/c1-6-30(4)31(5)13-10-26(32)28-12-15-35-17-19-37-21-20-36-18-16-34-14-11-27(33)29-25(23(2)3)22-24-8-7-9-24/h22-23,25H,6-21H2,1-5H3,(H,28,32)(H,29,33). The molecule has 0 heterocycles. The third kappa shape index (κ3) is 17.6. The second-order valence-corrected chi connectivity index (χ2v) is 9.67. The molecule has 0 spiro atoms. The molecule has 1 aliphatic rings. The van der Waals surface area contributed by atoms with Gasteiger partial charge in [0, 0.05) is 52.6 Å². The summed E-state index contributed by atoms with van der Waals surface area (Å²) >= 11 is 0. The number of hydrogen-bond donors (Lipinski definition) is 2. The van der Waals surface area contributed by atoms with Gasteiger partial charge in [0.1, 0.15) is 0 Å². The fourth-order valence-electron chi connectivity index (χ4n) is 3.41. The van der Waals surface area contributed by atoms with Crippen molar-refractivity contribution in [1.82, 2.24) is 20.7 Å². The number of amides is 2. The number of allylic oxidation sites excluding steroid dienone is 1. The van der Waals surface area contributed by atoms with Crippen molar-refractivity contribution in [2.75, 3.05) is 86.6 Å². The van der Waals surface area contributed by atoms with Crippen LogP contribution in [-0.4, -0.2) is 114 Å². The molecule has 0 saturated heterocycles. The van der Waals surface area contributed by atoms with Crippen LogP contribution in [0.1, 0.15) is 52.9 Å². The van der Waals surface area contributed by atoms with E-state index in [-0.39, 0.29) is 17.9 Å². The van der Waals surface area contributed by atoms with Crippen LogP contribution >= 0.6 is 0 Å². The van der Waals surface area contributed by atoms with Gasteiger partial charge in [0.25, 0.3) is 0 Å². The smallest absolute Gasteiger partial charge is 0.222 e. The molecule has 37 heavy (non-hydrogen) atoms. The van der Waals surface area contributed by atoms with E-state index in [2.05, 4.69) is 42.5 Å². The first-order valence-electron chi connectivity index (χ1n) is 13.8. The van der Waals surface area contributed by atoms with Gasteiger partial charge in [-0.2, -0.15) is 0 Å². The maximum absolute atomic E-state index is 12.2. The maximum Gasteiger partial charge on any atom is 0.222 e. The van der Waals surface area contributed by atoms with Gasteiger partial charge in [-0.15, -0.1) is 0 Å². The second kappa shape index (κ2) is 21.4. The molecule has 1 atom stereocenters. The highest BCUT2D eigenvalue weighted by atomic mass is 16.6. The summed E-state index contributed by atoms with van der Waals surface area (Å²) in [5.41, 5.74) is 1.46. The largest absolute Gasteiger partial charge is 0.379 e. The van der Waals surface area contributed by atoms with Crippen molar-refractivity contribution in [3.05, 3.63) is 11.6 Å². The fraction of sp³-hybridized carbons (Fsp3) is 0.852. The zero-order chi connectivity index (χ0) is 27.3. The minimum Gasteiger partial charge on any atom is -0.379 e. The van der Waals surface area contributed by atoms with E-state index in [4.69, 9.17) is 18.9 Å². The molecule has 0 bridgehead atoms. The Morgan fingerprint density at radius 2 is 1.41 bits per heavy atom. The van der Waals surface area contributed by atoms with E-state index >= 15 is 0 Å². The third-order valence-electron chi connectivity index (χ3n) is 6.32. The SMILES string of the molecule is CCN(C)N(C)CCC(=O)NCCOCCOCCOCCOCCC(=O)NC(C=C1CCC1)C(C)C. The molecule has 1 unspecified atom stereocenters. The Morgan fingerprint density at radius 3 is 1.92 bits per heavy atom. The lowest BCUT2D eigenvalue weighted by atomic mass is 9.88. The van der Waals surface area contributed by atoms with Gasteiger partial charge in [-0.3, -0.25) is 9.59 Å². The van der Waals surface area contributed by atoms with Crippen LogP contribution < -0.4 is 10.6 Å². The molecule has 1 aliphatic carbocycles. The lowest BCUT2D eigenvalue weighted by molar-refractivity contribution is -0.123. The number of carbonyl (C=O) groups excluding carboxylic acids is 2. The van der Waals surface area contributed by atoms with E-state index < -0.39 is 0 Å². The number of carbonyl (C=O) groups is 2. The Labute approximate surface area is 224 Å². The van der Waals surface area contributed by atoms with Gasteiger partial charge in [0.05, 0.1) is 52.9 Å². The van der Waals surface area contributed by atoms with E-state index in [0.717, 1.165) is 19.4 Å². The molecule has 0 aromatic rings. The van der Waals surface area contributed by atoms with Crippen molar-refractivity contribution in [3.63, 3.8) is 0 Å². The average Bonchev–Trinajstić information content (AvgIpc) is 2.85. The normalized spacial score (nSPS) is 14.2. The number of hydrazine groups is 1. The van der Waals surface area contributed by atoms with Crippen molar-refractivity contribution in [2.45, 2.75) is 58.9 Å². The summed E-state index contributed by atoms with van der Waals surface area (Å²) in [5.74, 6) is 0.429. The lowest BCUT2D eigenvalue weighted by Gasteiger charge is -2.26. The summed E-state index contributed by atoms with van der Waals surface area (Å²) in [6.07, 6.45) is 6.63. The zero-order valence-electron chi connectivity index (χ0n) is 23.9. The van der Waals surface area contributed by atoms with Crippen molar-refractivity contribution in [3.8, 4) is 0 Å². The molecule has 10 heteroatoms. The van der Waals surface area contributed by atoms with Gasteiger partial charge in [-0.1, -0.05) is 32.4 Å². The number of hydrogen-bond acceptors (Lipinski definition) is 8. The Morgan fingerprint density at radius 1 is 0.838 bits per heavy atom. The van der Waals surface area contributed by atoms with Gasteiger partial charge in [0.15, 0.2) is 0 Å². The van der Waals surface area contributed by atoms with E-state index in [0.29, 0.717) is 84.7 Å². The molecule has 10 nitrogen and oxygen atoms in total. The van der Waals surface area contributed by atoms with Crippen LogP contribution in [0.15, 0.2) is 11.6 Å². The summed E-state index contributed by atoms with van der Waals surface area (Å²) in [6, 6.07) is 0.104. The van der Waals surface area contributed by atoms with Gasteiger partial charge >= 0.3 is 0 Å². The molecule has 2 N–H and O–H groups in total. The number of ether oxygens (including phenoxy) is 4. The Balaban J connectivity index is 1.84. The molecule has 1 saturated carbocycles. The molecular formula is C27H52N4O6. The average molecular weight is 529 g/mol. The summed E-state index contributed by atoms with van der Waals surface area (Å²) in [6.45, 7) is 12.1. The second-order valence-electron chi connectivity index (χ2n) is 9.67. The van der Waals surface area contributed by atoms with E-state index in [1.807, 2.05) is 19.1 Å². The van der Waals surface area contributed by atoms with E-state index in [1.165, 1.54) is 12.0 Å². The van der Waals surface area contributed by atoms with Gasteiger partial charge in [-0.05, 0) is 25.2 Å². The zero-order valence-corrected chi connectivity index (χ0v) is 23.9. The van der Waals surface area contributed by atoms with Crippen LogP contribution in [0.4, 0.5) is 0 Å². The van der Waals surface area contributed by atoms with Crippen LogP contribution in [0, 0.1) is 5.92 Å². The van der Waals surface area contributed by atoms with Crippen LogP contribution in [0.3, 0.4) is 0 Å². The van der Waals surface area contributed by atoms with Crippen LogP contribution in [0.5, 0.6) is 0 Å². The van der Waals surface area contributed by atoms with Crippen molar-refractivity contribution in [2.24, 2.45) is 5.92 Å². The lowest BCUT2D eigenvalue weighted by Crippen LogP contribution is -2.39. The molecule has 0 aliphatic heterocycles. The van der Waals surface area contributed by atoms with Gasteiger partial charge < -0.3 is 29.6 Å². The molecule has 1 fully saturated rings. The maximum atomic E-state index is 12.2. The monoisotopic (exact) mass is 528 g/mol. The van der Waals surface area contributed by atoms with Crippen LogP contribution in [0.2, 0.25) is 0 Å². The molecule has 0 aromatic heterocycles. The Hall–Kier alpha value is -1.56. The highest BCUT2D eigenvalue weighted by Gasteiger charge is 2.17. The Bertz CT molecular complexity index is 640. The van der Waals surface area contributed by atoms with Crippen molar-refractivity contribution < 1.29 is 28.5 Å². The first-order valence-corrected chi connectivity index (χ1v) is 13.8. The van der Waals surface area contributed by atoms with Gasteiger partial charge in [0.2, 0.25) is 11.8 Å². The highest BCUT2D eigenvalue weighted by Crippen LogP contribution is 2.26. The first-order chi connectivity index (χ1) is 17.8. The molecule has 2 amide bonds. The van der Waals surface area contributed by atoms with Crippen LogP contribution in [-0.2, 0) is 28.5 Å². The first kappa shape index (κ1) is 33.5. The summed E-state index contributed by atoms with van der Waals surface area (Å²) in [4.78, 5) is 24.0. The third-order valence-corrected chi connectivity index (χ3v) is 6.32. The predicted molar refractivity (Wildman–Crippen MR) is 145 cm³/mol. The van der Waals surface area contributed by atoms with Gasteiger partial charge in [-0.25, -0.2) is 10.0 Å². The molecule has 1 rings (SSSR count). The number of rotatable bonds is 23. The van der Waals surface area contributed by atoms with E-state index in [9.17, 15) is 9.59 Å². The number of nitrogens with zero attached hydrogens (tertiary/aromatic N) is 2.